The lowest BCUT2D eigenvalue weighted by Gasteiger charge is -2.45. The quantitative estimate of drug-likeness (QED) is 0.819. The number of nitrogens with zero attached hydrogens (tertiary/aromatic N) is 1. The van der Waals surface area contributed by atoms with Crippen LogP contribution in [-0.2, 0) is 6.54 Å². The third kappa shape index (κ3) is 1.66. The third-order valence-corrected chi connectivity index (χ3v) is 4.33. The first kappa shape index (κ1) is 10.3. The standard InChI is InChI=1S/C14H20N2/c15-9-12-3-1-2-4-13(12)14-10-16-7-5-11(14)6-8-16/h1-4,11,14H,5-10,15H2. The summed E-state index contributed by atoms with van der Waals surface area (Å²) in [5, 5.41) is 0. The molecule has 0 aliphatic carbocycles. The van der Waals surface area contributed by atoms with Crippen LogP contribution in [0.4, 0.5) is 0 Å². The SMILES string of the molecule is NCc1ccccc1C1CN2CCC1CC2. The Labute approximate surface area is 97.4 Å². The molecule has 0 aromatic heterocycles. The molecule has 3 aliphatic rings. The Morgan fingerprint density at radius 3 is 2.56 bits per heavy atom. The molecule has 0 saturated carbocycles. The molecule has 0 amide bonds. The molecule has 2 bridgehead atoms. The molecule has 4 rings (SSSR count). The molecule has 86 valence electrons. The van der Waals surface area contributed by atoms with Crippen molar-refractivity contribution in [3.05, 3.63) is 35.4 Å². The molecule has 3 heterocycles. The van der Waals surface area contributed by atoms with E-state index in [2.05, 4.69) is 29.2 Å². The van der Waals surface area contributed by atoms with Gasteiger partial charge in [0.2, 0.25) is 0 Å². The zero-order valence-electron chi connectivity index (χ0n) is 9.73. The molecule has 0 radical (unpaired) electrons. The summed E-state index contributed by atoms with van der Waals surface area (Å²) < 4.78 is 0. The van der Waals surface area contributed by atoms with E-state index in [4.69, 9.17) is 5.73 Å². The summed E-state index contributed by atoms with van der Waals surface area (Å²) in [7, 11) is 0. The highest BCUT2D eigenvalue weighted by atomic mass is 15.1. The van der Waals surface area contributed by atoms with Crippen LogP contribution in [0, 0.1) is 5.92 Å². The van der Waals surface area contributed by atoms with Crippen LogP contribution in [0.2, 0.25) is 0 Å². The number of nitrogens with two attached hydrogens (primary N) is 1. The van der Waals surface area contributed by atoms with Crippen molar-refractivity contribution in [1.29, 1.82) is 0 Å². The summed E-state index contributed by atoms with van der Waals surface area (Å²) in [6.45, 7) is 4.55. The van der Waals surface area contributed by atoms with E-state index in [9.17, 15) is 0 Å². The highest BCUT2D eigenvalue weighted by molar-refractivity contribution is 5.32. The Kier molecular flexibility index (Phi) is 2.70. The molecule has 1 unspecified atom stereocenters. The molecule has 3 fully saturated rings. The molecule has 1 aromatic carbocycles. The van der Waals surface area contributed by atoms with Gasteiger partial charge in [0, 0.05) is 13.1 Å². The monoisotopic (exact) mass is 216 g/mol. The van der Waals surface area contributed by atoms with Crippen molar-refractivity contribution in [1.82, 2.24) is 4.90 Å². The fourth-order valence-corrected chi connectivity index (χ4v) is 3.40. The lowest BCUT2D eigenvalue weighted by atomic mass is 9.74. The Bertz CT molecular complexity index is 367. The number of hydrogen-bond acceptors (Lipinski definition) is 2. The summed E-state index contributed by atoms with van der Waals surface area (Å²) in [5.41, 5.74) is 8.70. The molecule has 16 heavy (non-hydrogen) atoms. The van der Waals surface area contributed by atoms with Crippen LogP contribution >= 0.6 is 0 Å². The minimum Gasteiger partial charge on any atom is -0.326 e. The lowest BCUT2D eigenvalue weighted by molar-refractivity contribution is 0.0867. The average Bonchev–Trinajstić information content (AvgIpc) is 2.40. The van der Waals surface area contributed by atoms with Crippen LogP contribution < -0.4 is 5.73 Å². The van der Waals surface area contributed by atoms with Gasteiger partial charge in [-0.1, -0.05) is 24.3 Å². The molecule has 2 heteroatoms. The topological polar surface area (TPSA) is 29.3 Å². The maximum Gasteiger partial charge on any atom is 0.0180 e. The molecule has 3 saturated heterocycles. The summed E-state index contributed by atoms with van der Waals surface area (Å²) in [6, 6.07) is 8.74. The smallest absolute Gasteiger partial charge is 0.0180 e. The number of piperidine rings is 3. The molecule has 3 aliphatic heterocycles. The summed E-state index contributed by atoms with van der Waals surface area (Å²) in [4.78, 5) is 2.61. The van der Waals surface area contributed by atoms with Gasteiger partial charge in [-0.2, -0.15) is 0 Å². The van der Waals surface area contributed by atoms with E-state index in [0.29, 0.717) is 6.54 Å². The van der Waals surface area contributed by atoms with Crippen molar-refractivity contribution in [2.45, 2.75) is 25.3 Å². The van der Waals surface area contributed by atoms with E-state index in [1.807, 2.05) is 0 Å². The van der Waals surface area contributed by atoms with Gasteiger partial charge in [-0.25, -0.2) is 0 Å². The minimum atomic E-state index is 0.680. The van der Waals surface area contributed by atoms with Gasteiger partial charge in [0.1, 0.15) is 0 Å². The number of benzene rings is 1. The van der Waals surface area contributed by atoms with Crippen molar-refractivity contribution in [3.63, 3.8) is 0 Å². The van der Waals surface area contributed by atoms with Crippen molar-refractivity contribution < 1.29 is 0 Å². The van der Waals surface area contributed by atoms with Crippen molar-refractivity contribution in [2.24, 2.45) is 11.7 Å². The second-order valence-corrected chi connectivity index (χ2v) is 5.15. The Hall–Kier alpha value is -0.860. The highest BCUT2D eigenvalue weighted by Gasteiger charge is 2.35. The molecule has 1 atom stereocenters. The Morgan fingerprint density at radius 1 is 1.19 bits per heavy atom. The van der Waals surface area contributed by atoms with Crippen molar-refractivity contribution >= 4 is 0 Å². The molecular weight excluding hydrogens is 196 g/mol. The van der Waals surface area contributed by atoms with E-state index < -0.39 is 0 Å². The maximum atomic E-state index is 5.84. The largest absolute Gasteiger partial charge is 0.326 e. The van der Waals surface area contributed by atoms with Crippen LogP contribution in [0.3, 0.4) is 0 Å². The molecular formula is C14H20N2. The van der Waals surface area contributed by atoms with E-state index in [1.54, 1.807) is 0 Å². The van der Waals surface area contributed by atoms with Gasteiger partial charge in [-0.3, -0.25) is 0 Å². The fraction of sp³-hybridized carbons (Fsp3) is 0.571. The third-order valence-electron chi connectivity index (χ3n) is 4.33. The summed E-state index contributed by atoms with van der Waals surface area (Å²) in [6.07, 6.45) is 2.76. The number of fused-ring (bicyclic) bond motifs is 3. The molecule has 1 aromatic rings. The van der Waals surface area contributed by atoms with Gasteiger partial charge in [0.05, 0.1) is 0 Å². The fourth-order valence-electron chi connectivity index (χ4n) is 3.40. The second-order valence-electron chi connectivity index (χ2n) is 5.15. The van der Waals surface area contributed by atoms with Crippen LogP contribution in [0.25, 0.3) is 0 Å². The number of rotatable bonds is 2. The van der Waals surface area contributed by atoms with Crippen LogP contribution in [0.1, 0.15) is 29.9 Å². The van der Waals surface area contributed by atoms with Gasteiger partial charge in [-0.05, 0) is 48.9 Å². The first-order valence-corrected chi connectivity index (χ1v) is 6.38. The molecule has 2 N–H and O–H groups in total. The van der Waals surface area contributed by atoms with Gasteiger partial charge in [0.25, 0.3) is 0 Å². The zero-order valence-corrected chi connectivity index (χ0v) is 9.73. The van der Waals surface area contributed by atoms with Crippen molar-refractivity contribution in [3.8, 4) is 0 Å². The normalized spacial score (nSPS) is 32.9. The molecule has 2 nitrogen and oxygen atoms in total. The van der Waals surface area contributed by atoms with E-state index in [0.717, 1.165) is 11.8 Å². The highest BCUT2D eigenvalue weighted by Crippen LogP contribution is 2.39. The average molecular weight is 216 g/mol. The lowest BCUT2D eigenvalue weighted by Crippen LogP contribution is -2.46. The van der Waals surface area contributed by atoms with Crippen molar-refractivity contribution in [2.75, 3.05) is 19.6 Å². The number of hydrogen-bond donors (Lipinski definition) is 1. The van der Waals surface area contributed by atoms with E-state index >= 15 is 0 Å². The predicted molar refractivity (Wildman–Crippen MR) is 66.2 cm³/mol. The second kappa shape index (κ2) is 4.19. The summed E-state index contributed by atoms with van der Waals surface area (Å²) >= 11 is 0. The van der Waals surface area contributed by atoms with Crippen LogP contribution in [-0.4, -0.2) is 24.5 Å². The maximum absolute atomic E-state index is 5.84. The molecule has 0 spiro atoms. The van der Waals surface area contributed by atoms with Crippen LogP contribution in [0.5, 0.6) is 0 Å². The van der Waals surface area contributed by atoms with Gasteiger partial charge < -0.3 is 10.6 Å². The minimum absolute atomic E-state index is 0.680. The first-order chi connectivity index (χ1) is 7.88. The Balaban J connectivity index is 1.91. The van der Waals surface area contributed by atoms with E-state index in [-0.39, 0.29) is 0 Å². The van der Waals surface area contributed by atoms with Crippen LogP contribution in [0.15, 0.2) is 24.3 Å². The van der Waals surface area contributed by atoms with Gasteiger partial charge >= 0.3 is 0 Å². The zero-order chi connectivity index (χ0) is 11.0. The summed E-state index contributed by atoms with van der Waals surface area (Å²) in [5.74, 6) is 1.64. The Morgan fingerprint density at radius 2 is 1.94 bits per heavy atom. The van der Waals surface area contributed by atoms with Gasteiger partial charge in [-0.15, -0.1) is 0 Å². The first-order valence-electron chi connectivity index (χ1n) is 6.38. The van der Waals surface area contributed by atoms with Gasteiger partial charge in [0.15, 0.2) is 0 Å². The predicted octanol–water partition coefficient (Wildman–Crippen LogP) is 1.95. The van der Waals surface area contributed by atoms with E-state index in [1.165, 1.54) is 43.6 Å².